The van der Waals surface area contributed by atoms with Crippen molar-refractivity contribution in [1.82, 2.24) is 9.97 Å². The number of H-pyrrole nitrogens is 1. The van der Waals surface area contributed by atoms with Gasteiger partial charge >= 0.3 is 0 Å². The third kappa shape index (κ3) is 3.22. The van der Waals surface area contributed by atoms with E-state index in [1.807, 2.05) is 6.92 Å². The van der Waals surface area contributed by atoms with Crippen molar-refractivity contribution in [2.24, 2.45) is 5.92 Å². The minimum atomic E-state index is -0.236. The van der Waals surface area contributed by atoms with Crippen LogP contribution in [-0.4, -0.2) is 30.2 Å². The minimum Gasteiger partial charge on any atom is -0.489 e. The molecule has 0 bridgehead atoms. The topological polar surface area (TPSA) is 58.2 Å². The molecule has 0 spiro atoms. The lowest BCUT2D eigenvalue weighted by Gasteiger charge is -2.25. The van der Waals surface area contributed by atoms with E-state index >= 15 is 0 Å². The molecule has 1 aromatic heterocycles. The van der Waals surface area contributed by atoms with Gasteiger partial charge in [0.1, 0.15) is 0 Å². The quantitative estimate of drug-likeness (QED) is 0.820. The highest BCUT2D eigenvalue weighted by Gasteiger charge is 2.16. The average molecular weight is 239 g/mol. The maximum atomic E-state index is 11.6. The van der Waals surface area contributed by atoms with Gasteiger partial charge in [0, 0.05) is 13.1 Å². The van der Waals surface area contributed by atoms with Gasteiger partial charge in [-0.25, -0.2) is 4.98 Å². The lowest BCUT2D eigenvalue weighted by Crippen LogP contribution is -2.30. The Morgan fingerprint density at radius 1 is 1.53 bits per heavy atom. The number of aromatic amines is 1. The van der Waals surface area contributed by atoms with Crippen LogP contribution in [0.5, 0.6) is 5.75 Å². The van der Waals surface area contributed by atoms with Crippen molar-refractivity contribution >= 4 is 5.82 Å². The Balaban J connectivity index is 3.03. The van der Waals surface area contributed by atoms with Gasteiger partial charge < -0.3 is 14.6 Å². The van der Waals surface area contributed by atoms with E-state index in [-0.39, 0.29) is 11.3 Å². The summed E-state index contributed by atoms with van der Waals surface area (Å²) in [6.07, 6.45) is 2.52. The monoisotopic (exact) mass is 239 g/mol. The summed E-state index contributed by atoms with van der Waals surface area (Å²) >= 11 is 0. The summed E-state index contributed by atoms with van der Waals surface area (Å²) in [5, 5.41) is 0. The highest BCUT2D eigenvalue weighted by Crippen LogP contribution is 2.21. The molecule has 0 aliphatic rings. The number of nitrogens with one attached hydrogen (secondary N) is 1. The molecule has 5 nitrogen and oxygen atoms in total. The molecule has 0 saturated carbocycles. The Morgan fingerprint density at radius 3 is 2.76 bits per heavy atom. The van der Waals surface area contributed by atoms with E-state index in [4.69, 9.17) is 4.74 Å². The van der Waals surface area contributed by atoms with Crippen LogP contribution in [0.25, 0.3) is 0 Å². The van der Waals surface area contributed by atoms with Gasteiger partial charge in [0.25, 0.3) is 5.56 Å². The molecular formula is C12H21N3O2. The van der Waals surface area contributed by atoms with Crippen LogP contribution in [-0.2, 0) is 0 Å². The fourth-order valence-electron chi connectivity index (χ4n) is 1.66. The molecule has 0 saturated heterocycles. The molecular weight excluding hydrogens is 218 g/mol. The molecule has 0 amide bonds. The molecule has 0 aromatic carbocycles. The highest BCUT2D eigenvalue weighted by atomic mass is 16.5. The van der Waals surface area contributed by atoms with Crippen LogP contribution < -0.4 is 15.2 Å². The average Bonchev–Trinajstić information content (AvgIpc) is 2.35. The molecule has 17 heavy (non-hydrogen) atoms. The molecule has 5 heteroatoms. The molecule has 1 atom stereocenters. The first-order valence-electron chi connectivity index (χ1n) is 6.00. The second-order valence-corrected chi connectivity index (χ2v) is 4.14. The van der Waals surface area contributed by atoms with Crippen molar-refractivity contribution in [1.29, 1.82) is 0 Å². The number of hydrogen-bond acceptors (Lipinski definition) is 4. The molecule has 0 fully saturated rings. The first-order valence-corrected chi connectivity index (χ1v) is 6.00. The largest absolute Gasteiger partial charge is 0.489 e. The number of rotatable bonds is 6. The molecule has 1 N–H and O–H groups in total. The van der Waals surface area contributed by atoms with Crippen molar-refractivity contribution in [3.05, 3.63) is 16.7 Å². The van der Waals surface area contributed by atoms with Gasteiger partial charge in [0.05, 0.1) is 13.4 Å². The fourth-order valence-corrected chi connectivity index (χ4v) is 1.66. The molecule has 96 valence electrons. The molecule has 0 aliphatic carbocycles. The summed E-state index contributed by atoms with van der Waals surface area (Å²) in [5.74, 6) is 1.47. The Morgan fingerprint density at radius 2 is 2.24 bits per heavy atom. The van der Waals surface area contributed by atoms with Crippen molar-refractivity contribution in [2.75, 3.05) is 25.1 Å². The Hall–Kier alpha value is -1.52. The SMILES string of the molecule is CCC(C)CN(CC)c1nc[nH]c(=O)c1OC. The predicted molar refractivity (Wildman–Crippen MR) is 68.8 cm³/mol. The number of ether oxygens (including phenoxy) is 1. The normalized spacial score (nSPS) is 12.2. The second-order valence-electron chi connectivity index (χ2n) is 4.14. The summed E-state index contributed by atoms with van der Waals surface area (Å²) < 4.78 is 5.13. The van der Waals surface area contributed by atoms with Crippen molar-refractivity contribution < 1.29 is 4.74 Å². The van der Waals surface area contributed by atoms with E-state index in [9.17, 15) is 4.79 Å². The number of nitrogens with zero attached hydrogens (tertiary/aromatic N) is 2. The molecule has 1 heterocycles. The van der Waals surface area contributed by atoms with Crippen LogP contribution >= 0.6 is 0 Å². The number of anilines is 1. The number of hydrogen-bond donors (Lipinski definition) is 1. The molecule has 1 rings (SSSR count). The Kier molecular flexibility index (Phi) is 5.00. The van der Waals surface area contributed by atoms with Crippen LogP contribution in [0, 0.1) is 5.92 Å². The van der Waals surface area contributed by atoms with Gasteiger partial charge in [-0.2, -0.15) is 0 Å². The zero-order chi connectivity index (χ0) is 12.8. The zero-order valence-electron chi connectivity index (χ0n) is 11.0. The summed E-state index contributed by atoms with van der Waals surface area (Å²) in [7, 11) is 1.49. The van der Waals surface area contributed by atoms with Gasteiger partial charge in [-0.3, -0.25) is 4.79 Å². The molecule has 0 aliphatic heterocycles. The fraction of sp³-hybridized carbons (Fsp3) is 0.667. The van der Waals surface area contributed by atoms with Crippen LogP contribution in [0.1, 0.15) is 27.2 Å². The molecule has 1 aromatic rings. The van der Waals surface area contributed by atoms with E-state index in [1.165, 1.54) is 13.4 Å². The lowest BCUT2D eigenvalue weighted by atomic mass is 10.1. The third-order valence-corrected chi connectivity index (χ3v) is 2.91. The standard InChI is InChI=1S/C12H21N3O2/c1-5-9(3)7-15(6-2)11-10(17-4)12(16)14-8-13-11/h8-9H,5-7H2,1-4H3,(H,13,14,16). The van der Waals surface area contributed by atoms with Crippen LogP contribution in [0.4, 0.5) is 5.82 Å². The van der Waals surface area contributed by atoms with Crippen molar-refractivity contribution in [2.45, 2.75) is 27.2 Å². The maximum Gasteiger partial charge on any atom is 0.295 e. The van der Waals surface area contributed by atoms with Gasteiger partial charge in [-0.1, -0.05) is 20.3 Å². The second kappa shape index (κ2) is 6.27. The first-order chi connectivity index (χ1) is 8.13. The van der Waals surface area contributed by atoms with E-state index < -0.39 is 0 Å². The Labute approximate surface area is 102 Å². The summed E-state index contributed by atoms with van der Waals surface area (Å²) in [6.45, 7) is 8.06. The van der Waals surface area contributed by atoms with Gasteiger partial charge in [0.2, 0.25) is 5.75 Å². The molecule has 0 radical (unpaired) electrons. The number of methoxy groups -OCH3 is 1. The maximum absolute atomic E-state index is 11.6. The number of aromatic nitrogens is 2. The summed E-state index contributed by atoms with van der Waals surface area (Å²) in [4.78, 5) is 20.4. The van der Waals surface area contributed by atoms with E-state index in [0.29, 0.717) is 11.7 Å². The zero-order valence-corrected chi connectivity index (χ0v) is 11.0. The highest BCUT2D eigenvalue weighted by molar-refractivity contribution is 5.50. The minimum absolute atomic E-state index is 0.236. The predicted octanol–water partition coefficient (Wildman–Crippen LogP) is 1.65. The Bertz CT molecular complexity index is 403. The molecule has 1 unspecified atom stereocenters. The smallest absolute Gasteiger partial charge is 0.295 e. The van der Waals surface area contributed by atoms with E-state index in [2.05, 4.69) is 28.7 Å². The summed E-state index contributed by atoms with van der Waals surface area (Å²) in [6, 6.07) is 0. The van der Waals surface area contributed by atoms with Gasteiger partial charge in [0.15, 0.2) is 5.82 Å². The van der Waals surface area contributed by atoms with E-state index in [1.54, 1.807) is 0 Å². The van der Waals surface area contributed by atoms with Crippen LogP contribution in [0.15, 0.2) is 11.1 Å². The lowest BCUT2D eigenvalue weighted by molar-refractivity contribution is 0.404. The van der Waals surface area contributed by atoms with Crippen LogP contribution in [0.2, 0.25) is 0 Å². The first kappa shape index (κ1) is 13.5. The van der Waals surface area contributed by atoms with Gasteiger partial charge in [-0.05, 0) is 12.8 Å². The van der Waals surface area contributed by atoms with Crippen molar-refractivity contribution in [3.8, 4) is 5.75 Å². The summed E-state index contributed by atoms with van der Waals surface area (Å²) in [5.41, 5.74) is -0.236. The van der Waals surface area contributed by atoms with Gasteiger partial charge in [-0.15, -0.1) is 0 Å². The van der Waals surface area contributed by atoms with E-state index in [0.717, 1.165) is 19.5 Å². The van der Waals surface area contributed by atoms with Crippen LogP contribution in [0.3, 0.4) is 0 Å². The third-order valence-electron chi connectivity index (χ3n) is 2.91. The van der Waals surface area contributed by atoms with Crippen molar-refractivity contribution in [3.63, 3.8) is 0 Å².